The van der Waals surface area contributed by atoms with Gasteiger partial charge in [-0.05, 0) is 49.6 Å². The van der Waals surface area contributed by atoms with Gasteiger partial charge in [0.05, 0.1) is 16.1 Å². The summed E-state index contributed by atoms with van der Waals surface area (Å²) in [6.07, 6.45) is 5.80. The van der Waals surface area contributed by atoms with Gasteiger partial charge in [-0.1, -0.05) is 12.1 Å². The largest absolute Gasteiger partial charge is 0.365 e. The van der Waals surface area contributed by atoms with Gasteiger partial charge in [0.2, 0.25) is 0 Å². The van der Waals surface area contributed by atoms with Crippen LogP contribution in [-0.4, -0.2) is 40.5 Å². The third-order valence-corrected chi connectivity index (χ3v) is 6.55. The molecule has 5 rings (SSSR count). The molecule has 4 heterocycles. The molecule has 0 amide bonds. The molecular weight excluding hydrogens is 397 g/mol. The summed E-state index contributed by atoms with van der Waals surface area (Å²) in [6, 6.07) is 11.2. The predicted molar refractivity (Wildman–Crippen MR) is 119 cm³/mol. The summed E-state index contributed by atoms with van der Waals surface area (Å²) >= 11 is 1.68. The summed E-state index contributed by atoms with van der Waals surface area (Å²) in [7, 11) is 0. The highest BCUT2D eigenvalue weighted by atomic mass is 32.1. The Morgan fingerprint density at radius 2 is 2.10 bits per heavy atom. The van der Waals surface area contributed by atoms with Gasteiger partial charge in [-0.3, -0.25) is 4.98 Å². The van der Waals surface area contributed by atoms with Gasteiger partial charge in [0, 0.05) is 43.3 Å². The first kappa shape index (κ1) is 19.2. The van der Waals surface area contributed by atoms with Gasteiger partial charge in [0.1, 0.15) is 16.5 Å². The van der Waals surface area contributed by atoms with Crippen molar-refractivity contribution < 1.29 is 4.39 Å². The standard InChI is InChI=1S/C23H24FN5S/c1-15-28-21-22(20-17(3-2-10-26-20)13-27-23(21)30-15)29-12-11-25-19(14-29)9-6-16-4-7-18(24)8-5-16/h2-5,7-8,10,13,19,25,27H,6,9,11-12,14H2,1H3. The lowest BCUT2D eigenvalue weighted by Crippen LogP contribution is -2.52. The molecule has 3 aromatic rings. The first-order valence-electron chi connectivity index (χ1n) is 10.3. The Kier molecular flexibility index (Phi) is 5.23. The number of aromatic nitrogens is 2. The number of hydrogen-bond acceptors (Lipinski definition) is 6. The van der Waals surface area contributed by atoms with Crippen molar-refractivity contribution in [3.05, 3.63) is 75.2 Å². The van der Waals surface area contributed by atoms with Crippen molar-refractivity contribution in [3.8, 4) is 0 Å². The van der Waals surface area contributed by atoms with Crippen LogP contribution in [0.25, 0.3) is 11.9 Å². The van der Waals surface area contributed by atoms with Crippen LogP contribution in [0.2, 0.25) is 0 Å². The lowest BCUT2D eigenvalue weighted by atomic mass is 10.0. The highest BCUT2D eigenvalue weighted by molar-refractivity contribution is 7.16. The maximum absolute atomic E-state index is 13.2. The van der Waals surface area contributed by atoms with Gasteiger partial charge in [-0.2, -0.15) is 0 Å². The van der Waals surface area contributed by atoms with Gasteiger partial charge < -0.3 is 15.5 Å². The molecule has 154 valence electrons. The Morgan fingerprint density at radius 3 is 2.97 bits per heavy atom. The fourth-order valence-electron chi connectivity index (χ4n) is 4.19. The Morgan fingerprint density at radius 1 is 1.23 bits per heavy atom. The SMILES string of the molecule is Cc1nc2c(s1)NC=c1cccnc1=C2N1CCNC(CCc2ccc(F)cc2)C1. The average molecular weight is 422 g/mol. The molecule has 1 unspecified atom stereocenters. The summed E-state index contributed by atoms with van der Waals surface area (Å²) in [6.45, 7) is 4.76. The molecule has 30 heavy (non-hydrogen) atoms. The monoisotopic (exact) mass is 421 g/mol. The van der Waals surface area contributed by atoms with Crippen molar-refractivity contribution in [3.63, 3.8) is 0 Å². The minimum Gasteiger partial charge on any atom is -0.365 e. The predicted octanol–water partition coefficient (Wildman–Crippen LogP) is 2.21. The molecule has 1 fully saturated rings. The molecule has 2 N–H and O–H groups in total. The van der Waals surface area contributed by atoms with Crippen molar-refractivity contribution in [1.82, 2.24) is 20.2 Å². The summed E-state index contributed by atoms with van der Waals surface area (Å²) in [5.41, 5.74) is 3.27. The molecule has 0 saturated carbocycles. The topological polar surface area (TPSA) is 53.1 Å². The maximum Gasteiger partial charge on any atom is 0.124 e. The van der Waals surface area contributed by atoms with E-state index in [1.807, 2.05) is 37.5 Å². The van der Waals surface area contributed by atoms with Gasteiger partial charge >= 0.3 is 0 Å². The molecule has 0 aliphatic carbocycles. The number of benzene rings is 1. The van der Waals surface area contributed by atoms with Crippen molar-refractivity contribution in [2.45, 2.75) is 25.8 Å². The lowest BCUT2D eigenvalue weighted by Gasteiger charge is -2.36. The first-order valence-corrected chi connectivity index (χ1v) is 11.1. The summed E-state index contributed by atoms with van der Waals surface area (Å²) in [5, 5.41) is 11.3. The smallest absolute Gasteiger partial charge is 0.124 e. The number of nitrogens with one attached hydrogen (secondary N) is 2. The number of anilines is 1. The van der Waals surface area contributed by atoms with Crippen LogP contribution >= 0.6 is 11.3 Å². The Labute approximate surface area is 179 Å². The molecule has 7 heteroatoms. The Hall–Kier alpha value is -2.77. The van der Waals surface area contributed by atoms with Crippen LogP contribution < -0.4 is 21.2 Å². The van der Waals surface area contributed by atoms with E-state index in [1.54, 1.807) is 11.3 Å². The van der Waals surface area contributed by atoms with Crippen molar-refractivity contribution in [2.24, 2.45) is 0 Å². The molecule has 2 aliphatic rings. The second kappa shape index (κ2) is 8.16. The summed E-state index contributed by atoms with van der Waals surface area (Å²) in [5.74, 6) is -0.184. The van der Waals surface area contributed by atoms with Crippen molar-refractivity contribution in [1.29, 1.82) is 0 Å². The number of aryl methyl sites for hydroxylation is 2. The van der Waals surface area contributed by atoms with E-state index in [4.69, 9.17) is 9.97 Å². The third kappa shape index (κ3) is 3.82. The summed E-state index contributed by atoms with van der Waals surface area (Å²) in [4.78, 5) is 12.0. The number of fused-ring (bicyclic) bond motifs is 2. The van der Waals surface area contributed by atoms with Gasteiger partial charge in [-0.25, -0.2) is 9.37 Å². The normalized spacial score (nSPS) is 18.1. The molecular formula is C23H24FN5S. The van der Waals surface area contributed by atoms with Crippen LogP contribution in [0, 0.1) is 12.7 Å². The maximum atomic E-state index is 13.2. The fourth-order valence-corrected chi connectivity index (χ4v) is 4.98. The minimum atomic E-state index is -0.184. The van der Waals surface area contributed by atoms with Crippen molar-refractivity contribution in [2.75, 3.05) is 25.0 Å². The van der Waals surface area contributed by atoms with E-state index in [2.05, 4.69) is 21.6 Å². The number of pyridine rings is 1. The van der Waals surface area contributed by atoms with Crippen LogP contribution in [0.3, 0.4) is 0 Å². The van der Waals surface area contributed by atoms with E-state index in [9.17, 15) is 4.39 Å². The van der Waals surface area contributed by atoms with Gasteiger partial charge in [-0.15, -0.1) is 11.3 Å². The molecule has 0 spiro atoms. The van der Waals surface area contributed by atoms with Crippen LogP contribution in [0.5, 0.6) is 0 Å². The van der Waals surface area contributed by atoms with E-state index < -0.39 is 0 Å². The fraction of sp³-hybridized carbons (Fsp3) is 0.304. The molecule has 1 atom stereocenters. The third-order valence-electron chi connectivity index (χ3n) is 5.65. The zero-order valence-corrected chi connectivity index (χ0v) is 17.7. The second-order valence-corrected chi connectivity index (χ2v) is 8.95. The van der Waals surface area contributed by atoms with Crippen LogP contribution in [0.1, 0.15) is 22.7 Å². The molecule has 0 bridgehead atoms. The lowest BCUT2D eigenvalue weighted by molar-refractivity contribution is 0.268. The first-order chi connectivity index (χ1) is 14.7. The zero-order chi connectivity index (χ0) is 20.5. The highest BCUT2D eigenvalue weighted by Crippen LogP contribution is 2.31. The van der Waals surface area contributed by atoms with Crippen LogP contribution in [-0.2, 0) is 6.42 Å². The molecule has 1 aromatic carbocycles. The molecule has 2 aliphatic heterocycles. The van der Waals surface area contributed by atoms with Crippen LogP contribution in [0.15, 0.2) is 42.6 Å². The average Bonchev–Trinajstić information content (AvgIpc) is 3.06. The van der Waals surface area contributed by atoms with E-state index in [-0.39, 0.29) is 5.82 Å². The quantitative estimate of drug-likeness (QED) is 0.677. The van der Waals surface area contributed by atoms with Crippen molar-refractivity contribution >= 4 is 28.2 Å². The Bertz CT molecular complexity index is 1170. The number of rotatable bonds is 4. The molecule has 2 aromatic heterocycles. The highest BCUT2D eigenvalue weighted by Gasteiger charge is 2.27. The molecule has 1 saturated heterocycles. The molecule has 5 nitrogen and oxygen atoms in total. The van der Waals surface area contributed by atoms with E-state index in [1.165, 1.54) is 17.7 Å². The van der Waals surface area contributed by atoms with Gasteiger partial charge in [0.25, 0.3) is 0 Å². The van der Waals surface area contributed by atoms with Gasteiger partial charge in [0.15, 0.2) is 0 Å². The van der Waals surface area contributed by atoms with E-state index in [0.29, 0.717) is 6.04 Å². The number of thiazole rings is 1. The number of hydrogen-bond donors (Lipinski definition) is 2. The minimum absolute atomic E-state index is 0.184. The Balaban J connectivity index is 1.44. The molecule has 0 radical (unpaired) electrons. The van der Waals surface area contributed by atoms with Crippen LogP contribution in [0.4, 0.5) is 9.39 Å². The summed E-state index contributed by atoms with van der Waals surface area (Å²) < 4.78 is 13.2. The second-order valence-electron chi connectivity index (χ2n) is 7.75. The number of nitrogens with zero attached hydrogens (tertiary/aromatic N) is 3. The zero-order valence-electron chi connectivity index (χ0n) is 16.9. The number of piperazine rings is 1. The van der Waals surface area contributed by atoms with E-state index in [0.717, 1.165) is 64.4 Å². The number of halogens is 1. The van der Waals surface area contributed by atoms with E-state index >= 15 is 0 Å².